The van der Waals surface area contributed by atoms with E-state index in [2.05, 4.69) is 14.9 Å². The van der Waals surface area contributed by atoms with Crippen molar-refractivity contribution in [3.8, 4) is 0 Å². The van der Waals surface area contributed by atoms with E-state index in [4.69, 9.17) is 5.73 Å². The van der Waals surface area contributed by atoms with Gasteiger partial charge in [-0.1, -0.05) is 12.8 Å². The molecule has 1 aromatic rings. The highest BCUT2D eigenvalue weighted by atomic mass is 16.3. The van der Waals surface area contributed by atoms with Crippen LogP contribution in [0.2, 0.25) is 0 Å². The first-order chi connectivity index (χ1) is 8.65. The molecule has 2 unspecified atom stereocenters. The zero-order chi connectivity index (χ0) is 13.0. The summed E-state index contributed by atoms with van der Waals surface area (Å²) in [5.74, 6) is 1.62. The number of aliphatic hydroxyl groups is 1. The molecule has 1 fully saturated rings. The molecule has 0 radical (unpaired) electrons. The Morgan fingerprint density at radius 2 is 2.22 bits per heavy atom. The summed E-state index contributed by atoms with van der Waals surface area (Å²) in [6.45, 7) is 1.56. The fraction of sp³-hybridized carbons (Fsp3) is 0.692. The number of anilines is 1. The number of nitrogens with two attached hydrogens (primary N) is 1. The molecule has 2 atom stereocenters. The van der Waals surface area contributed by atoms with E-state index in [0.29, 0.717) is 18.3 Å². The van der Waals surface area contributed by atoms with Crippen LogP contribution < -0.4 is 5.73 Å². The third-order valence-electron chi connectivity index (χ3n) is 3.55. The quantitative estimate of drug-likeness (QED) is 0.835. The Bertz CT molecular complexity index is 385. The summed E-state index contributed by atoms with van der Waals surface area (Å²) in [6, 6.07) is 1.69. The van der Waals surface area contributed by atoms with E-state index in [9.17, 15) is 5.11 Å². The van der Waals surface area contributed by atoms with Gasteiger partial charge in [0.2, 0.25) is 0 Å². The maximum atomic E-state index is 9.95. The van der Waals surface area contributed by atoms with Gasteiger partial charge in [-0.05, 0) is 31.9 Å². The summed E-state index contributed by atoms with van der Waals surface area (Å²) < 4.78 is 0. The molecule has 0 bridgehead atoms. The van der Waals surface area contributed by atoms with E-state index in [1.165, 1.54) is 6.42 Å². The second-order valence-corrected chi connectivity index (χ2v) is 5.21. The normalized spacial score (nSPS) is 24.4. The van der Waals surface area contributed by atoms with Crippen LogP contribution in [-0.4, -0.2) is 39.7 Å². The number of hydrogen-bond donors (Lipinski definition) is 2. The minimum atomic E-state index is -0.150. The highest BCUT2D eigenvalue weighted by Crippen LogP contribution is 2.25. The minimum absolute atomic E-state index is 0.150. The Hall–Kier alpha value is -1.20. The lowest BCUT2D eigenvalue weighted by Gasteiger charge is -2.30. The molecule has 100 valence electrons. The van der Waals surface area contributed by atoms with Crippen molar-refractivity contribution in [2.24, 2.45) is 5.92 Å². The molecule has 0 aromatic carbocycles. The van der Waals surface area contributed by atoms with Crippen molar-refractivity contribution >= 4 is 5.82 Å². The molecule has 1 heterocycles. The zero-order valence-electron chi connectivity index (χ0n) is 10.9. The number of aromatic nitrogens is 2. The highest BCUT2D eigenvalue weighted by Gasteiger charge is 2.24. The van der Waals surface area contributed by atoms with Crippen molar-refractivity contribution in [2.45, 2.75) is 38.3 Å². The molecule has 3 N–H and O–H groups in total. The van der Waals surface area contributed by atoms with Crippen LogP contribution in [0, 0.1) is 5.92 Å². The second-order valence-electron chi connectivity index (χ2n) is 5.21. The zero-order valence-corrected chi connectivity index (χ0v) is 10.9. The Kier molecular flexibility index (Phi) is 4.49. The predicted octanol–water partition coefficient (Wildman–Crippen LogP) is 1.04. The molecule has 1 saturated carbocycles. The van der Waals surface area contributed by atoms with Crippen LogP contribution in [0.4, 0.5) is 5.82 Å². The molecule has 18 heavy (non-hydrogen) atoms. The van der Waals surface area contributed by atoms with Crippen LogP contribution in [0.15, 0.2) is 12.3 Å². The van der Waals surface area contributed by atoms with Gasteiger partial charge < -0.3 is 10.8 Å². The van der Waals surface area contributed by atoms with E-state index < -0.39 is 0 Å². The molecule has 1 aliphatic carbocycles. The fourth-order valence-electron chi connectivity index (χ4n) is 2.60. The van der Waals surface area contributed by atoms with Crippen molar-refractivity contribution in [1.82, 2.24) is 14.9 Å². The van der Waals surface area contributed by atoms with Crippen molar-refractivity contribution in [3.05, 3.63) is 18.1 Å². The minimum Gasteiger partial charge on any atom is -0.393 e. The Balaban J connectivity index is 1.86. The number of aliphatic hydroxyl groups excluding tert-OH is 1. The standard InChI is InChI=1S/C13H22N4O/c1-17(8-10-4-2-3-5-11(10)18)9-13-15-7-6-12(14)16-13/h6-7,10-11,18H,2-5,8-9H2,1H3,(H2,14,15,16). The predicted molar refractivity (Wildman–Crippen MR) is 70.7 cm³/mol. The molecular weight excluding hydrogens is 228 g/mol. The van der Waals surface area contributed by atoms with Gasteiger partial charge in [-0.2, -0.15) is 0 Å². The lowest BCUT2D eigenvalue weighted by molar-refractivity contribution is 0.0497. The summed E-state index contributed by atoms with van der Waals surface area (Å²) in [6.07, 6.45) is 5.96. The van der Waals surface area contributed by atoms with E-state index in [-0.39, 0.29) is 6.10 Å². The SMILES string of the molecule is CN(Cc1nccc(N)n1)CC1CCCCC1O. The molecule has 0 amide bonds. The van der Waals surface area contributed by atoms with Crippen molar-refractivity contribution in [3.63, 3.8) is 0 Å². The fourth-order valence-corrected chi connectivity index (χ4v) is 2.60. The number of nitrogen functional groups attached to an aromatic ring is 1. The van der Waals surface area contributed by atoms with E-state index in [1.54, 1.807) is 12.3 Å². The van der Waals surface area contributed by atoms with Gasteiger partial charge in [0.05, 0.1) is 12.6 Å². The first-order valence-electron chi connectivity index (χ1n) is 6.59. The smallest absolute Gasteiger partial charge is 0.144 e. The Labute approximate surface area is 108 Å². The first-order valence-corrected chi connectivity index (χ1v) is 6.59. The van der Waals surface area contributed by atoms with Crippen LogP contribution in [0.3, 0.4) is 0 Å². The largest absolute Gasteiger partial charge is 0.393 e. The first kappa shape index (κ1) is 13.2. The number of hydrogen-bond acceptors (Lipinski definition) is 5. The van der Waals surface area contributed by atoms with Crippen molar-refractivity contribution < 1.29 is 5.11 Å². The van der Waals surface area contributed by atoms with Crippen LogP contribution >= 0.6 is 0 Å². The molecule has 0 aliphatic heterocycles. The van der Waals surface area contributed by atoms with Gasteiger partial charge in [0, 0.05) is 12.7 Å². The average molecular weight is 250 g/mol. The Morgan fingerprint density at radius 3 is 2.94 bits per heavy atom. The summed E-state index contributed by atoms with van der Waals surface area (Å²) in [4.78, 5) is 10.5. The van der Waals surface area contributed by atoms with E-state index in [1.807, 2.05) is 7.05 Å². The monoisotopic (exact) mass is 250 g/mol. The van der Waals surface area contributed by atoms with Gasteiger partial charge in [0.15, 0.2) is 0 Å². The van der Waals surface area contributed by atoms with E-state index >= 15 is 0 Å². The van der Waals surface area contributed by atoms with Gasteiger partial charge in [-0.15, -0.1) is 0 Å². The lowest BCUT2D eigenvalue weighted by Crippen LogP contribution is -2.35. The topological polar surface area (TPSA) is 75.3 Å². The van der Waals surface area contributed by atoms with Gasteiger partial charge in [0.1, 0.15) is 11.6 Å². The molecule has 2 rings (SSSR count). The van der Waals surface area contributed by atoms with Crippen LogP contribution in [0.1, 0.15) is 31.5 Å². The van der Waals surface area contributed by atoms with Crippen molar-refractivity contribution in [2.75, 3.05) is 19.3 Å². The third-order valence-corrected chi connectivity index (χ3v) is 3.55. The molecule has 5 heteroatoms. The highest BCUT2D eigenvalue weighted by molar-refractivity contribution is 5.24. The van der Waals surface area contributed by atoms with Gasteiger partial charge in [-0.3, -0.25) is 4.90 Å². The van der Waals surface area contributed by atoms with Gasteiger partial charge in [0.25, 0.3) is 0 Å². The molecule has 0 spiro atoms. The number of rotatable bonds is 4. The molecule has 1 aliphatic rings. The molecule has 0 saturated heterocycles. The second kappa shape index (κ2) is 6.11. The van der Waals surface area contributed by atoms with Crippen molar-refractivity contribution in [1.29, 1.82) is 0 Å². The molecule has 5 nitrogen and oxygen atoms in total. The maximum Gasteiger partial charge on any atom is 0.144 e. The summed E-state index contributed by atoms with van der Waals surface area (Å²) in [5, 5.41) is 9.95. The van der Waals surface area contributed by atoms with Crippen LogP contribution in [-0.2, 0) is 6.54 Å². The van der Waals surface area contributed by atoms with Crippen LogP contribution in [0.25, 0.3) is 0 Å². The Morgan fingerprint density at radius 1 is 1.44 bits per heavy atom. The lowest BCUT2D eigenvalue weighted by atomic mass is 9.86. The summed E-state index contributed by atoms with van der Waals surface area (Å²) in [7, 11) is 2.04. The van der Waals surface area contributed by atoms with Gasteiger partial charge >= 0.3 is 0 Å². The molecule has 1 aromatic heterocycles. The molecular formula is C13H22N4O. The van der Waals surface area contributed by atoms with Gasteiger partial charge in [-0.25, -0.2) is 9.97 Å². The number of nitrogens with zero attached hydrogens (tertiary/aromatic N) is 3. The average Bonchev–Trinajstić information content (AvgIpc) is 2.32. The van der Waals surface area contributed by atoms with E-state index in [0.717, 1.165) is 31.6 Å². The maximum absolute atomic E-state index is 9.95. The van der Waals surface area contributed by atoms with Crippen LogP contribution in [0.5, 0.6) is 0 Å². The third kappa shape index (κ3) is 3.65. The summed E-state index contributed by atoms with van der Waals surface area (Å²) in [5.41, 5.74) is 5.63. The summed E-state index contributed by atoms with van der Waals surface area (Å²) >= 11 is 0.